The van der Waals surface area contributed by atoms with Gasteiger partial charge in [-0.25, -0.2) is 9.97 Å². The molecule has 0 atom stereocenters. The molecule has 0 aliphatic carbocycles. The van der Waals surface area contributed by atoms with Crippen molar-refractivity contribution in [2.45, 2.75) is 33.6 Å². The molecule has 1 aromatic heterocycles. The van der Waals surface area contributed by atoms with Crippen LogP contribution in [-0.2, 0) is 4.79 Å². The van der Waals surface area contributed by atoms with Crippen LogP contribution in [0.15, 0.2) is 30.3 Å². The second-order valence-electron chi connectivity index (χ2n) is 4.86. The fraction of sp³-hybridized carbons (Fsp3) is 0.312. The number of aryl methyl sites for hydroxylation is 2. The second-order valence-corrected chi connectivity index (χ2v) is 4.86. The molecule has 1 N–H and O–H groups in total. The van der Waals surface area contributed by atoms with Gasteiger partial charge in [-0.05, 0) is 38.5 Å². The molecule has 5 heteroatoms. The van der Waals surface area contributed by atoms with Crippen molar-refractivity contribution in [3.63, 3.8) is 0 Å². The molecule has 110 valence electrons. The lowest BCUT2D eigenvalue weighted by Gasteiger charge is -2.08. The number of anilines is 1. The Hall–Kier alpha value is -2.43. The van der Waals surface area contributed by atoms with E-state index in [0.29, 0.717) is 23.9 Å². The van der Waals surface area contributed by atoms with Gasteiger partial charge in [0.15, 0.2) is 0 Å². The first-order chi connectivity index (χ1) is 10.1. The highest BCUT2D eigenvalue weighted by atomic mass is 16.5. The van der Waals surface area contributed by atoms with Gasteiger partial charge in [0.25, 0.3) is 0 Å². The molecule has 0 fully saturated rings. The van der Waals surface area contributed by atoms with Gasteiger partial charge in [-0.15, -0.1) is 0 Å². The highest BCUT2D eigenvalue weighted by Gasteiger charge is 2.05. The Kier molecular flexibility index (Phi) is 4.87. The van der Waals surface area contributed by atoms with Gasteiger partial charge in [0.2, 0.25) is 5.91 Å². The fourth-order valence-corrected chi connectivity index (χ4v) is 1.93. The second kappa shape index (κ2) is 6.83. The molecule has 1 amide bonds. The van der Waals surface area contributed by atoms with Crippen molar-refractivity contribution in [2.24, 2.45) is 0 Å². The third-order valence-corrected chi connectivity index (χ3v) is 2.77. The van der Waals surface area contributed by atoms with Crippen LogP contribution < -0.4 is 10.1 Å². The van der Waals surface area contributed by atoms with E-state index in [1.165, 1.54) is 0 Å². The summed E-state index contributed by atoms with van der Waals surface area (Å²) in [5, 5.41) is 2.83. The molecule has 2 aromatic rings. The van der Waals surface area contributed by atoms with Crippen LogP contribution in [0.25, 0.3) is 0 Å². The number of ether oxygens (including phenoxy) is 1. The van der Waals surface area contributed by atoms with Crippen molar-refractivity contribution >= 4 is 11.6 Å². The van der Waals surface area contributed by atoms with E-state index in [1.807, 2.05) is 39.0 Å². The molecule has 0 aliphatic rings. The number of amides is 1. The molecule has 0 saturated carbocycles. The molecule has 21 heavy (non-hydrogen) atoms. The van der Waals surface area contributed by atoms with Gasteiger partial charge in [-0.1, -0.05) is 13.0 Å². The summed E-state index contributed by atoms with van der Waals surface area (Å²) in [6, 6.07) is 9.39. The topological polar surface area (TPSA) is 64.1 Å². The van der Waals surface area contributed by atoms with Crippen LogP contribution in [0.3, 0.4) is 0 Å². The molecule has 0 spiro atoms. The first-order valence-corrected chi connectivity index (χ1v) is 6.97. The summed E-state index contributed by atoms with van der Waals surface area (Å²) in [4.78, 5) is 20.1. The summed E-state index contributed by atoms with van der Waals surface area (Å²) in [7, 11) is 0. The molecule has 1 aromatic carbocycles. The van der Waals surface area contributed by atoms with E-state index >= 15 is 0 Å². The van der Waals surface area contributed by atoms with Gasteiger partial charge in [-0.2, -0.15) is 0 Å². The van der Waals surface area contributed by atoms with E-state index in [1.54, 1.807) is 12.1 Å². The minimum absolute atomic E-state index is 0.00250. The van der Waals surface area contributed by atoms with Crippen molar-refractivity contribution < 1.29 is 9.53 Å². The fourth-order valence-electron chi connectivity index (χ4n) is 1.93. The first-order valence-electron chi connectivity index (χ1n) is 6.97. The number of aromatic nitrogens is 2. The van der Waals surface area contributed by atoms with Crippen molar-refractivity contribution in [1.29, 1.82) is 0 Å². The Morgan fingerprint density at radius 1 is 1.19 bits per heavy atom. The molecule has 0 radical (unpaired) electrons. The number of benzene rings is 1. The zero-order chi connectivity index (χ0) is 15.2. The van der Waals surface area contributed by atoms with E-state index in [0.717, 1.165) is 17.8 Å². The van der Waals surface area contributed by atoms with Crippen molar-refractivity contribution in [3.8, 4) is 11.8 Å². The molecular weight excluding hydrogens is 266 g/mol. The SMILES string of the molecule is CCCC(=O)Nc1cccc(Oc2nc(C)cc(C)n2)c1. The summed E-state index contributed by atoms with van der Waals surface area (Å²) in [5.74, 6) is 0.589. The molecular formula is C16H19N3O2. The van der Waals surface area contributed by atoms with Crippen LogP contribution in [0.5, 0.6) is 11.8 Å². The van der Waals surface area contributed by atoms with Gasteiger partial charge in [0, 0.05) is 29.6 Å². The molecule has 0 aliphatic heterocycles. The van der Waals surface area contributed by atoms with Crippen molar-refractivity contribution in [1.82, 2.24) is 9.97 Å². The number of carbonyl (C=O) groups is 1. The molecule has 1 heterocycles. The number of nitrogens with zero attached hydrogens (tertiary/aromatic N) is 2. The van der Waals surface area contributed by atoms with E-state index in [2.05, 4.69) is 15.3 Å². The van der Waals surface area contributed by atoms with Crippen LogP contribution in [0.4, 0.5) is 5.69 Å². The lowest BCUT2D eigenvalue weighted by Crippen LogP contribution is -2.10. The van der Waals surface area contributed by atoms with Gasteiger partial charge in [0.05, 0.1) is 0 Å². The van der Waals surface area contributed by atoms with Crippen molar-refractivity contribution in [2.75, 3.05) is 5.32 Å². The maximum Gasteiger partial charge on any atom is 0.322 e. The van der Waals surface area contributed by atoms with Crippen molar-refractivity contribution in [3.05, 3.63) is 41.7 Å². The zero-order valence-corrected chi connectivity index (χ0v) is 12.5. The third kappa shape index (κ3) is 4.56. The van der Waals surface area contributed by atoms with E-state index < -0.39 is 0 Å². The lowest BCUT2D eigenvalue weighted by atomic mass is 10.2. The van der Waals surface area contributed by atoms with E-state index in [-0.39, 0.29) is 5.91 Å². The summed E-state index contributed by atoms with van der Waals surface area (Å²) in [6.07, 6.45) is 1.32. The number of hydrogen-bond donors (Lipinski definition) is 1. The van der Waals surface area contributed by atoms with Gasteiger partial charge in [-0.3, -0.25) is 4.79 Å². The summed E-state index contributed by atoms with van der Waals surface area (Å²) >= 11 is 0. The van der Waals surface area contributed by atoms with E-state index in [9.17, 15) is 4.79 Å². The Bertz CT molecular complexity index is 621. The Morgan fingerprint density at radius 2 is 1.90 bits per heavy atom. The molecule has 2 rings (SSSR count). The van der Waals surface area contributed by atoms with Gasteiger partial charge < -0.3 is 10.1 Å². The number of nitrogens with one attached hydrogen (secondary N) is 1. The third-order valence-electron chi connectivity index (χ3n) is 2.77. The number of rotatable bonds is 5. The van der Waals surface area contributed by atoms with E-state index in [4.69, 9.17) is 4.74 Å². The quantitative estimate of drug-likeness (QED) is 0.911. The molecule has 0 saturated heterocycles. The Balaban J connectivity index is 2.12. The summed E-state index contributed by atoms with van der Waals surface area (Å²) < 4.78 is 5.65. The van der Waals surface area contributed by atoms with Gasteiger partial charge >= 0.3 is 6.01 Å². The Labute approximate surface area is 124 Å². The molecule has 5 nitrogen and oxygen atoms in total. The number of hydrogen-bond acceptors (Lipinski definition) is 4. The summed E-state index contributed by atoms with van der Waals surface area (Å²) in [6.45, 7) is 5.75. The monoisotopic (exact) mass is 285 g/mol. The highest BCUT2D eigenvalue weighted by molar-refractivity contribution is 5.90. The van der Waals surface area contributed by atoms with Crippen LogP contribution >= 0.6 is 0 Å². The standard InChI is InChI=1S/C16H19N3O2/c1-4-6-15(20)19-13-7-5-8-14(10-13)21-16-17-11(2)9-12(3)18-16/h5,7-10H,4,6H2,1-3H3,(H,19,20). The first kappa shape index (κ1) is 15.0. The summed E-state index contributed by atoms with van der Waals surface area (Å²) in [5.41, 5.74) is 2.41. The Morgan fingerprint density at radius 3 is 2.57 bits per heavy atom. The lowest BCUT2D eigenvalue weighted by molar-refractivity contribution is -0.116. The minimum Gasteiger partial charge on any atom is -0.424 e. The largest absolute Gasteiger partial charge is 0.424 e. The number of carbonyl (C=O) groups excluding carboxylic acids is 1. The predicted octanol–water partition coefficient (Wildman–Crippen LogP) is 3.62. The van der Waals surface area contributed by atoms with Crippen LogP contribution in [0.2, 0.25) is 0 Å². The smallest absolute Gasteiger partial charge is 0.322 e. The van der Waals surface area contributed by atoms with Crippen LogP contribution in [0, 0.1) is 13.8 Å². The average Bonchev–Trinajstić information content (AvgIpc) is 2.37. The maximum absolute atomic E-state index is 11.6. The molecule has 0 unspecified atom stereocenters. The zero-order valence-electron chi connectivity index (χ0n) is 12.5. The average molecular weight is 285 g/mol. The minimum atomic E-state index is -0.00250. The van der Waals surface area contributed by atoms with Crippen LogP contribution in [-0.4, -0.2) is 15.9 Å². The van der Waals surface area contributed by atoms with Crippen LogP contribution in [0.1, 0.15) is 31.2 Å². The predicted molar refractivity (Wildman–Crippen MR) is 81.6 cm³/mol. The van der Waals surface area contributed by atoms with Gasteiger partial charge in [0.1, 0.15) is 5.75 Å². The highest BCUT2D eigenvalue weighted by Crippen LogP contribution is 2.22. The molecule has 0 bridgehead atoms. The normalized spacial score (nSPS) is 10.2. The maximum atomic E-state index is 11.6.